The van der Waals surface area contributed by atoms with Crippen molar-refractivity contribution < 1.29 is 9.21 Å². The molecule has 2 N–H and O–H groups in total. The molecule has 5 rings (SSSR count). The van der Waals surface area contributed by atoms with Crippen LogP contribution < -0.4 is 5.32 Å². The molecule has 32 heavy (non-hydrogen) atoms. The summed E-state index contributed by atoms with van der Waals surface area (Å²) in [4.78, 5) is 18.6. The fourth-order valence-corrected chi connectivity index (χ4v) is 4.75. The molecule has 4 aromatic rings. The molecule has 2 aromatic heterocycles. The molecule has 164 valence electrons. The Labute approximate surface area is 188 Å². The van der Waals surface area contributed by atoms with E-state index in [0.717, 1.165) is 41.5 Å². The number of amides is 1. The molecule has 1 aliphatic carbocycles. The van der Waals surface area contributed by atoms with E-state index in [-0.39, 0.29) is 11.9 Å². The number of aromatic amines is 1. The molecule has 1 amide bonds. The number of hydrogen-bond acceptors (Lipinski definition) is 3. The van der Waals surface area contributed by atoms with Crippen molar-refractivity contribution in [1.82, 2.24) is 15.2 Å². The summed E-state index contributed by atoms with van der Waals surface area (Å²) in [6.07, 6.45) is 5.26. The van der Waals surface area contributed by atoms with E-state index in [2.05, 4.69) is 29.4 Å². The summed E-state index contributed by atoms with van der Waals surface area (Å²) in [5.41, 5.74) is 4.95. The molecule has 0 aliphatic heterocycles. The minimum Gasteiger partial charge on any atom is -0.459 e. The van der Waals surface area contributed by atoms with Crippen molar-refractivity contribution in [2.45, 2.75) is 45.7 Å². The van der Waals surface area contributed by atoms with Crippen LogP contribution in [0, 0.1) is 6.92 Å². The fourth-order valence-electron chi connectivity index (χ4n) is 4.75. The Bertz CT molecular complexity index is 1260. The van der Waals surface area contributed by atoms with Crippen LogP contribution in [0.1, 0.15) is 48.0 Å². The third-order valence-corrected chi connectivity index (χ3v) is 6.52. The first-order valence-corrected chi connectivity index (χ1v) is 11.4. The molecular weight excluding hydrogens is 398 g/mol. The first-order valence-electron chi connectivity index (χ1n) is 11.4. The SMILES string of the molecule is CCN(C(=O)c1cc2ccccc2[nH]1)[C@@H]1C=C(NCc2oc3ccccc3c2C)CCC1. The lowest BCUT2D eigenvalue weighted by molar-refractivity contribution is 0.0706. The number of hydrogen-bond donors (Lipinski definition) is 2. The van der Waals surface area contributed by atoms with Gasteiger partial charge >= 0.3 is 0 Å². The zero-order valence-corrected chi connectivity index (χ0v) is 18.7. The maximum absolute atomic E-state index is 13.3. The summed E-state index contributed by atoms with van der Waals surface area (Å²) >= 11 is 0. The van der Waals surface area contributed by atoms with Crippen LogP contribution in [0.2, 0.25) is 0 Å². The van der Waals surface area contributed by atoms with Crippen LogP contribution in [-0.2, 0) is 6.54 Å². The summed E-state index contributed by atoms with van der Waals surface area (Å²) < 4.78 is 6.05. The third-order valence-electron chi connectivity index (χ3n) is 6.52. The van der Waals surface area contributed by atoms with Crippen LogP contribution in [0.15, 0.2) is 70.8 Å². The van der Waals surface area contributed by atoms with Crippen LogP contribution in [0.3, 0.4) is 0 Å². The number of carbonyl (C=O) groups excluding carboxylic acids is 1. The Hall–Kier alpha value is -3.47. The lowest BCUT2D eigenvalue weighted by Crippen LogP contribution is -2.41. The normalized spacial score (nSPS) is 16.3. The largest absolute Gasteiger partial charge is 0.459 e. The number of allylic oxidation sites excluding steroid dienone is 1. The smallest absolute Gasteiger partial charge is 0.270 e. The summed E-state index contributed by atoms with van der Waals surface area (Å²) in [6.45, 7) is 5.49. The molecule has 0 radical (unpaired) electrons. The Kier molecular flexibility index (Phi) is 5.48. The number of para-hydroxylation sites is 2. The molecule has 0 bridgehead atoms. The fraction of sp³-hybridized carbons (Fsp3) is 0.296. The van der Waals surface area contributed by atoms with Crippen molar-refractivity contribution in [2.24, 2.45) is 0 Å². The number of H-pyrrole nitrogens is 1. The minimum absolute atomic E-state index is 0.0549. The maximum Gasteiger partial charge on any atom is 0.270 e. The van der Waals surface area contributed by atoms with Crippen LogP contribution in [0.4, 0.5) is 0 Å². The molecule has 5 heteroatoms. The van der Waals surface area contributed by atoms with E-state index < -0.39 is 0 Å². The number of furan rings is 1. The average molecular weight is 428 g/mol. The monoisotopic (exact) mass is 427 g/mol. The second-order valence-corrected chi connectivity index (χ2v) is 8.51. The van der Waals surface area contributed by atoms with E-state index in [0.29, 0.717) is 18.8 Å². The lowest BCUT2D eigenvalue weighted by atomic mass is 9.98. The number of nitrogens with one attached hydrogen (secondary N) is 2. The van der Waals surface area contributed by atoms with Crippen molar-refractivity contribution in [3.05, 3.63) is 83.4 Å². The summed E-state index contributed by atoms with van der Waals surface area (Å²) in [7, 11) is 0. The summed E-state index contributed by atoms with van der Waals surface area (Å²) in [5, 5.41) is 5.80. The predicted octanol–water partition coefficient (Wildman–Crippen LogP) is 5.91. The van der Waals surface area contributed by atoms with E-state index in [1.54, 1.807) is 0 Å². The number of carbonyl (C=O) groups is 1. The highest BCUT2D eigenvalue weighted by molar-refractivity contribution is 5.98. The van der Waals surface area contributed by atoms with Gasteiger partial charge in [0, 0.05) is 34.1 Å². The molecule has 0 saturated carbocycles. The summed E-state index contributed by atoms with van der Waals surface area (Å²) in [5.74, 6) is 1.02. The maximum atomic E-state index is 13.3. The molecule has 0 fully saturated rings. The number of fused-ring (bicyclic) bond motifs is 2. The molecular formula is C27H29N3O2. The summed E-state index contributed by atoms with van der Waals surface area (Å²) in [6, 6.07) is 18.2. The first-order chi connectivity index (χ1) is 15.6. The standard InChI is InChI=1S/C27H29N3O2/c1-3-30(27(31)24-15-19-9-4-6-13-23(19)29-24)21-11-8-10-20(16-21)28-17-26-18(2)22-12-5-7-14-25(22)32-26/h4-7,9,12-16,21,28-29H,3,8,10-11,17H2,1-2H3/t21-/m0/s1. The highest BCUT2D eigenvalue weighted by atomic mass is 16.3. The van der Waals surface area contributed by atoms with Crippen molar-refractivity contribution in [3.8, 4) is 0 Å². The van der Waals surface area contributed by atoms with E-state index in [1.807, 2.05) is 60.4 Å². The molecule has 1 atom stereocenters. The van der Waals surface area contributed by atoms with Crippen LogP contribution >= 0.6 is 0 Å². The van der Waals surface area contributed by atoms with E-state index >= 15 is 0 Å². The van der Waals surface area contributed by atoms with E-state index in [4.69, 9.17) is 4.42 Å². The molecule has 1 aliphatic rings. The van der Waals surface area contributed by atoms with Crippen molar-refractivity contribution in [2.75, 3.05) is 6.54 Å². The number of likely N-dealkylation sites (N-methyl/N-ethyl adjacent to an activating group) is 1. The van der Waals surface area contributed by atoms with Crippen molar-refractivity contribution in [3.63, 3.8) is 0 Å². The lowest BCUT2D eigenvalue weighted by Gasteiger charge is -2.32. The number of aromatic nitrogens is 1. The van der Waals surface area contributed by atoms with Gasteiger partial charge in [0.05, 0.1) is 12.6 Å². The Balaban J connectivity index is 1.32. The van der Waals surface area contributed by atoms with Gasteiger partial charge in [-0.2, -0.15) is 0 Å². The average Bonchev–Trinajstić information content (AvgIpc) is 3.40. The zero-order valence-electron chi connectivity index (χ0n) is 18.7. The predicted molar refractivity (Wildman–Crippen MR) is 129 cm³/mol. The second kappa shape index (κ2) is 8.58. The van der Waals surface area contributed by atoms with Crippen LogP contribution in [0.25, 0.3) is 21.9 Å². The van der Waals surface area contributed by atoms with E-state index in [1.165, 1.54) is 16.6 Å². The Morgan fingerprint density at radius 2 is 2.00 bits per heavy atom. The van der Waals surface area contributed by atoms with Crippen LogP contribution in [-0.4, -0.2) is 28.4 Å². The van der Waals surface area contributed by atoms with Gasteiger partial charge in [-0.3, -0.25) is 4.79 Å². The van der Waals surface area contributed by atoms with Crippen LogP contribution in [0.5, 0.6) is 0 Å². The second-order valence-electron chi connectivity index (χ2n) is 8.51. The van der Waals surface area contributed by atoms with Gasteiger partial charge in [0.15, 0.2) is 0 Å². The van der Waals surface area contributed by atoms with Gasteiger partial charge in [0.25, 0.3) is 5.91 Å². The Morgan fingerprint density at radius 1 is 1.19 bits per heavy atom. The van der Waals surface area contributed by atoms with Gasteiger partial charge < -0.3 is 19.6 Å². The van der Waals surface area contributed by atoms with Gasteiger partial charge in [0.1, 0.15) is 17.0 Å². The number of benzene rings is 2. The van der Waals surface area contributed by atoms with Gasteiger partial charge in [-0.15, -0.1) is 0 Å². The molecule has 0 saturated heterocycles. The Morgan fingerprint density at radius 3 is 2.81 bits per heavy atom. The first kappa shape index (κ1) is 20.4. The minimum atomic E-state index is 0.0549. The number of rotatable bonds is 6. The molecule has 5 nitrogen and oxygen atoms in total. The topological polar surface area (TPSA) is 61.3 Å². The molecule has 0 unspecified atom stereocenters. The van der Waals surface area contributed by atoms with Gasteiger partial charge in [-0.1, -0.05) is 36.4 Å². The van der Waals surface area contributed by atoms with E-state index in [9.17, 15) is 4.79 Å². The molecule has 0 spiro atoms. The molecule has 2 heterocycles. The zero-order chi connectivity index (χ0) is 22.1. The highest BCUT2D eigenvalue weighted by Crippen LogP contribution is 2.27. The number of aryl methyl sites for hydroxylation is 1. The highest BCUT2D eigenvalue weighted by Gasteiger charge is 2.26. The van der Waals surface area contributed by atoms with Crippen molar-refractivity contribution in [1.29, 1.82) is 0 Å². The van der Waals surface area contributed by atoms with Gasteiger partial charge in [-0.25, -0.2) is 0 Å². The van der Waals surface area contributed by atoms with Gasteiger partial charge in [0.2, 0.25) is 0 Å². The van der Waals surface area contributed by atoms with Gasteiger partial charge in [-0.05, 0) is 57.4 Å². The molecule has 2 aromatic carbocycles. The third kappa shape index (κ3) is 3.79. The van der Waals surface area contributed by atoms with Crippen molar-refractivity contribution >= 4 is 27.8 Å². The number of nitrogens with zero attached hydrogens (tertiary/aromatic N) is 1. The quantitative estimate of drug-likeness (QED) is 0.402.